The number of aromatic nitrogens is 1. The lowest BCUT2D eigenvalue weighted by Gasteiger charge is -2.26. The lowest BCUT2D eigenvalue weighted by Crippen LogP contribution is -2.38. The lowest BCUT2D eigenvalue weighted by atomic mass is 10.1. The summed E-state index contributed by atoms with van der Waals surface area (Å²) in [6.45, 7) is 1.09. The van der Waals surface area contributed by atoms with Gasteiger partial charge in [-0.1, -0.05) is 17.7 Å². The molecule has 0 atom stereocenters. The van der Waals surface area contributed by atoms with E-state index in [2.05, 4.69) is 0 Å². The summed E-state index contributed by atoms with van der Waals surface area (Å²) in [5.74, 6) is -0.598. The number of benzene rings is 1. The molecule has 1 amide bonds. The van der Waals surface area contributed by atoms with Crippen molar-refractivity contribution in [2.24, 2.45) is 0 Å². The summed E-state index contributed by atoms with van der Waals surface area (Å²) in [5.41, 5.74) is 2.05. The van der Waals surface area contributed by atoms with Crippen molar-refractivity contribution in [3.05, 3.63) is 57.4 Å². The highest BCUT2D eigenvalue weighted by atomic mass is 35.5. The molecule has 0 saturated heterocycles. The minimum absolute atomic E-state index is 0.0474. The van der Waals surface area contributed by atoms with E-state index < -0.39 is 5.97 Å². The molecular formula is C19H17ClN2O3S. The fourth-order valence-corrected chi connectivity index (χ4v) is 4.23. The Bertz CT molecular complexity index is 978. The van der Waals surface area contributed by atoms with Crippen LogP contribution in [0.25, 0.3) is 10.9 Å². The Morgan fingerprint density at radius 1 is 1.23 bits per heavy atom. The fourth-order valence-electron chi connectivity index (χ4n) is 3.17. The second kappa shape index (κ2) is 7.13. The molecule has 0 saturated carbocycles. The Balaban J connectivity index is 1.34. The van der Waals surface area contributed by atoms with Crippen molar-refractivity contribution in [2.75, 3.05) is 13.2 Å². The summed E-state index contributed by atoms with van der Waals surface area (Å²) in [7, 11) is 0. The van der Waals surface area contributed by atoms with Gasteiger partial charge in [-0.2, -0.15) is 0 Å². The highest BCUT2D eigenvalue weighted by Gasteiger charge is 2.22. The summed E-state index contributed by atoms with van der Waals surface area (Å²) in [5, 5.41) is 3.66. The van der Waals surface area contributed by atoms with Crippen LogP contribution in [-0.2, 0) is 33.8 Å². The highest BCUT2D eigenvalue weighted by Crippen LogP contribution is 2.24. The van der Waals surface area contributed by atoms with Crippen LogP contribution < -0.4 is 0 Å². The second-order valence-electron chi connectivity index (χ2n) is 6.24. The number of halogens is 1. The minimum Gasteiger partial charge on any atom is -0.454 e. The van der Waals surface area contributed by atoms with Gasteiger partial charge in [0.1, 0.15) is 6.54 Å². The van der Waals surface area contributed by atoms with Gasteiger partial charge < -0.3 is 14.2 Å². The molecule has 0 bridgehead atoms. The molecule has 1 aromatic carbocycles. The molecule has 1 aliphatic rings. The number of nitrogens with zero attached hydrogens (tertiary/aromatic N) is 2. The molecule has 2 aromatic heterocycles. The molecule has 1 aliphatic heterocycles. The third-order valence-corrected chi connectivity index (χ3v) is 5.81. The van der Waals surface area contributed by atoms with Crippen molar-refractivity contribution in [3.8, 4) is 0 Å². The van der Waals surface area contributed by atoms with Crippen LogP contribution in [0.4, 0.5) is 0 Å². The number of fused-ring (bicyclic) bond motifs is 2. The van der Waals surface area contributed by atoms with Gasteiger partial charge in [0, 0.05) is 29.2 Å². The Morgan fingerprint density at radius 2 is 2.12 bits per heavy atom. The van der Waals surface area contributed by atoms with Crippen LogP contribution in [0.1, 0.15) is 10.4 Å². The van der Waals surface area contributed by atoms with Gasteiger partial charge in [-0.25, -0.2) is 0 Å². The molecule has 7 heteroatoms. The largest absolute Gasteiger partial charge is 0.454 e. The van der Waals surface area contributed by atoms with Crippen molar-refractivity contribution in [1.82, 2.24) is 9.47 Å². The summed E-state index contributed by atoms with van der Waals surface area (Å²) < 4.78 is 6.97. The van der Waals surface area contributed by atoms with E-state index in [-0.39, 0.29) is 19.1 Å². The van der Waals surface area contributed by atoms with Crippen molar-refractivity contribution in [3.63, 3.8) is 0 Å². The Hall–Kier alpha value is -2.31. The van der Waals surface area contributed by atoms with Crippen molar-refractivity contribution < 1.29 is 14.3 Å². The maximum Gasteiger partial charge on any atom is 0.326 e. The van der Waals surface area contributed by atoms with Crippen LogP contribution in [-0.4, -0.2) is 34.5 Å². The van der Waals surface area contributed by atoms with E-state index in [9.17, 15) is 9.59 Å². The van der Waals surface area contributed by atoms with Crippen LogP contribution in [0.2, 0.25) is 5.02 Å². The SMILES string of the molecule is O=C(Cn1ccc2ccc(Cl)cc21)OCC(=O)N1CCc2sccc2C1. The second-order valence-corrected chi connectivity index (χ2v) is 7.68. The van der Waals surface area contributed by atoms with Gasteiger partial charge in [0.25, 0.3) is 5.91 Å². The molecule has 134 valence electrons. The summed E-state index contributed by atoms with van der Waals surface area (Å²) in [6.07, 6.45) is 2.68. The smallest absolute Gasteiger partial charge is 0.326 e. The first-order chi connectivity index (χ1) is 12.6. The molecule has 26 heavy (non-hydrogen) atoms. The minimum atomic E-state index is -0.441. The van der Waals surface area contributed by atoms with Gasteiger partial charge in [0.15, 0.2) is 6.61 Å². The average Bonchev–Trinajstić information content (AvgIpc) is 3.26. The Morgan fingerprint density at radius 3 is 3.00 bits per heavy atom. The number of amides is 1. The molecule has 4 rings (SSSR count). The van der Waals surface area contributed by atoms with Gasteiger partial charge in [0.05, 0.1) is 5.52 Å². The molecule has 0 aliphatic carbocycles. The van der Waals surface area contributed by atoms with E-state index in [1.165, 1.54) is 10.4 Å². The fraction of sp³-hybridized carbons (Fsp3) is 0.263. The number of carbonyl (C=O) groups excluding carboxylic acids is 2. The van der Waals surface area contributed by atoms with E-state index in [1.54, 1.807) is 20.8 Å². The number of hydrogen-bond donors (Lipinski definition) is 0. The maximum absolute atomic E-state index is 12.3. The zero-order chi connectivity index (χ0) is 18.1. The number of rotatable bonds is 4. The van der Waals surface area contributed by atoms with Gasteiger partial charge in [-0.05, 0) is 47.0 Å². The predicted octanol–water partition coefficient (Wildman–Crippen LogP) is 3.48. The van der Waals surface area contributed by atoms with Crippen LogP contribution in [0.3, 0.4) is 0 Å². The molecule has 3 aromatic rings. The topological polar surface area (TPSA) is 51.5 Å². The number of carbonyl (C=O) groups is 2. The summed E-state index contributed by atoms with van der Waals surface area (Å²) >= 11 is 7.75. The molecule has 0 radical (unpaired) electrons. The van der Waals surface area contributed by atoms with E-state index in [1.807, 2.05) is 41.9 Å². The zero-order valence-electron chi connectivity index (χ0n) is 14.0. The van der Waals surface area contributed by atoms with E-state index >= 15 is 0 Å². The van der Waals surface area contributed by atoms with E-state index in [4.69, 9.17) is 16.3 Å². The van der Waals surface area contributed by atoms with Crippen LogP contribution >= 0.6 is 22.9 Å². The third-order valence-electron chi connectivity index (χ3n) is 4.55. The van der Waals surface area contributed by atoms with Crippen molar-refractivity contribution in [2.45, 2.75) is 19.5 Å². The zero-order valence-corrected chi connectivity index (χ0v) is 15.6. The molecular weight excluding hydrogens is 372 g/mol. The first kappa shape index (κ1) is 17.1. The summed E-state index contributed by atoms with van der Waals surface area (Å²) in [6, 6.07) is 9.48. The van der Waals surface area contributed by atoms with Crippen LogP contribution in [0, 0.1) is 0 Å². The molecule has 0 spiro atoms. The van der Waals surface area contributed by atoms with Crippen molar-refractivity contribution >= 4 is 45.7 Å². The third kappa shape index (κ3) is 3.48. The number of esters is 1. The number of ether oxygens (including phenoxy) is 1. The van der Waals surface area contributed by atoms with Gasteiger partial charge >= 0.3 is 5.97 Å². The van der Waals surface area contributed by atoms with E-state index in [0.717, 1.165) is 17.3 Å². The standard InChI is InChI=1S/C19H17ClN2O3S/c20-15-2-1-13-3-6-21(16(13)9-15)11-19(24)25-12-18(23)22-7-4-17-14(10-22)5-8-26-17/h1-3,5-6,8-9H,4,7,10-12H2. The number of thiophene rings is 1. The van der Waals surface area contributed by atoms with Crippen molar-refractivity contribution in [1.29, 1.82) is 0 Å². The number of hydrogen-bond acceptors (Lipinski definition) is 4. The summed E-state index contributed by atoms with van der Waals surface area (Å²) in [4.78, 5) is 27.5. The van der Waals surface area contributed by atoms with Crippen LogP contribution in [0.15, 0.2) is 41.9 Å². The first-order valence-corrected chi connectivity index (χ1v) is 9.59. The lowest BCUT2D eigenvalue weighted by molar-refractivity contribution is -0.152. The maximum atomic E-state index is 12.3. The van der Waals surface area contributed by atoms with Gasteiger partial charge in [0.2, 0.25) is 0 Å². The van der Waals surface area contributed by atoms with Crippen LogP contribution in [0.5, 0.6) is 0 Å². The van der Waals surface area contributed by atoms with E-state index in [0.29, 0.717) is 18.1 Å². The Labute approximate surface area is 159 Å². The highest BCUT2D eigenvalue weighted by molar-refractivity contribution is 7.10. The molecule has 5 nitrogen and oxygen atoms in total. The molecule has 0 N–H and O–H groups in total. The first-order valence-electron chi connectivity index (χ1n) is 8.33. The monoisotopic (exact) mass is 388 g/mol. The van der Waals surface area contributed by atoms with Gasteiger partial charge in [-0.15, -0.1) is 11.3 Å². The molecule has 3 heterocycles. The van der Waals surface area contributed by atoms with Gasteiger partial charge in [-0.3, -0.25) is 9.59 Å². The predicted molar refractivity (Wildman–Crippen MR) is 101 cm³/mol. The molecule has 0 unspecified atom stereocenters. The average molecular weight is 389 g/mol. The quantitative estimate of drug-likeness (QED) is 0.643. The normalized spacial score (nSPS) is 13.7. The molecule has 0 fully saturated rings. The Kier molecular flexibility index (Phi) is 4.70.